The van der Waals surface area contributed by atoms with E-state index in [2.05, 4.69) is 5.32 Å². The lowest BCUT2D eigenvalue weighted by Gasteiger charge is -2.18. The maximum Gasteiger partial charge on any atom is 0.339 e. The molecule has 158 valence electrons. The molecule has 0 aliphatic carbocycles. The van der Waals surface area contributed by atoms with Crippen LogP contribution >= 0.6 is 11.6 Å². The smallest absolute Gasteiger partial charge is 0.339 e. The molecule has 1 atom stereocenters. The Kier molecular flexibility index (Phi) is 6.96. The summed E-state index contributed by atoms with van der Waals surface area (Å²) in [5, 5.41) is 22.7. The van der Waals surface area contributed by atoms with Gasteiger partial charge in [0, 0.05) is 17.3 Å². The van der Waals surface area contributed by atoms with E-state index in [4.69, 9.17) is 21.4 Å². The van der Waals surface area contributed by atoms with Gasteiger partial charge in [0.05, 0.1) is 17.1 Å². The van der Waals surface area contributed by atoms with Crippen LogP contribution in [-0.2, 0) is 16.1 Å². The number of ether oxygens (including phenoxy) is 1. The minimum absolute atomic E-state index is 0.0691. The van der Waals surface area contributed by atoms with Crippen LogP contribution in [0.1, 0.15) is 27.6 Å². The van der Waals surface area contributed by atoms with Gasteiger partial charge in [-0.1, -0.05) is 54.1 Å². The van der Waals surface area contributed by atoms with Gasteiger partial charge in [0.1, 0.15) is 5.02 Å². The van der Waals surface area contributed by atoms with Crippen LogP contribution in [-0.4, -0.2) is 21.9 Å². The molecular weight excluding hydrogens is 424 g/mol. The third kappa shape index (κ3) is 5.44. The van der Waals surface area contributed by atoms with Crippen LogP contribution in [0, 0.1) is 10.1 Å². The van der Waals surface area contributed by atoms with Crippen molar-refractivity contribution in [1.82, 2.24) is 0 Å². The van der Waals surface area contributed by atoms with Gasteiger partial charge < -0.3 is 15.2 Å². The Morgan fingerprint density at radius 2 is 1.74 bits per heavy atom. The summed E-state index contributed by atoms with van der Waals surface area (Å²) in [6, 6.07) is 18.3. The molecule has 0 aromatic heterocycles. The van der Waals surface area contributed by atoms with Crippen LogP contribution < -0.4 is 5.32 Å². The molecule has 9 heteroatoms. The summed E-state index contributed by atoms with van der Waals surface area (Å²) >= 11 is 5.81. The van der Waals surface area contributed by atoms with Crippen molar-refractivity contribution in [2.45, 2.75) is 12.7 Å². The Morgan fingerprint density at radius 1 is 1.06 bits per heavy atom. The van der Waals surface area contributed by atoms with Crippen LogP contribution in [0.5, 0.6) is 0 Å². The van der Waals surface area contributed by atoms with Gasteiger partial charge in [-0.15, -0.1) is 0 Å². The zero-order valence-corrected chi connectivity index (χ0v) is 16.8. The van der Waals surface area contributed by atoms with Gasteiger partial charge in [-0.05, 0) is 29.8 Å². The van der Waals surface area contributed by atoms with Crippen molar-refractivity contribution in [2.75, 3.05) is 5.32 Å². The highest BCUT2D eigenvalue weighted by atomic mass is 35.5. The fourth-order valence-electron chi connectivity index (χ4n) is 2.76. The lowest BCUT2D eigenvalue weighted by Crippen LogP contribution is -2.26. The summed E-state index contributed by atoms with van der Waals surface area (Å²) in [6.07, 6.45) is -1.30. The molecular formula is C22H17ClN2O6. The van der Waals surface area contributed by atoms with E-state index in [0.717, 1.165) is 6.07 Å². The summed E-state index contributed by atoms with van der Waals surface area (Å²) in [6.45, 7) is -0.169. The number of aliphatic hydroxyl groups is 1. The Labute approximate surface area is 182 Å². The molecule has 0 radical (unpaired) electrons. The summed E-state index contributed by atoms with van der Waals surface area (Å²) in [5.41, 5.74) is 1.01. The quantitative estimate of drug-likeness (QED) is 0.321. The molecule has 0 aliphatic rings. The number of nitrogens with zero attached hydrogens (tertiary/aromatic N) is 1. The third-order valence-electron chi connectivity index (χ3n) is 4.35. The Bertz CT molecular complexity index is 1100. The molecule has 3 aromatic rings. The number of halogens is 1. The molecule has 0 spiro atoms. The van der Waals surface area contributed by atoms with Gasteiger partial charge in [-0.25, -0.2) is 4.79 Å². The zero-order valence-electron chi connectivity index (χ0n) is 16.0. The van der Waals surface area contributed by atoms with E-state index >= 15 is 0 Å². The number of hydrogen-bond donors (Lipinski definition) is 2. The predicted octanol–water partition coefficient (Wildman–Crippen LogP) is 4.28. The monoisotopic (exact) mass is 440 g/mol. The topological polar surface area (TPSA) is 119 Å². The number of rotatable bonds is 7. The van der Waals surface area contributed by atoms with Crippen LogP contribution in [0.25, 0.3) is 0 Å². The summed E-state index contributed by atoms with van der Waals surface area (Å²) in [4.78, 5) is 35.9. The number of nitro groups is 1. The van der Waals surface area contributed by atoms with E-state index in [1.807, 2.05) is 0 Å². The highest BCUT2D eigenvalue weighted by molar-refractivity contribution is 6.32. The molecule has 8 nitrogen and oxygen atoms in total. The number of benzene rings is 3. The van der Waals surface area contributed by atoms with Crippen LogP contribution in [0.2, 0.25) is 5.02 Å². The molecule has 3 aromatic carbocycles. The lowest BCUT2D eigenvalue weighted by atomic mass is 10.1. The van der Waals surface area contributed by atoms with Crippen molar-refractivity contribution in [2.24, 2.45) is 0 Å². The second-order valence-corrected chi connectivity index (χ2v) is 6.87. The molecule has 0 saturated carbocycles. The Morgan fingerprint density at radius 3 is 2.35 bits per heavy atom. The van der Waals surface area contributed by atoms with E-state index in [-0.39, 0.29) is 28.6 Å². The molecule has 1 amide bonds. The average Bonchev–Trinajstić information content (AvgIpc) is 2.79. The zero-order chi connectivity index (χ0) is 22.4. The highest BCUT2D eigenvalue weighted by Gasteiger charge is 2.26. The number of hydrogen-bond acceptors (Lipinski definition) is 6. The lowest BCUT2D eigenvalue weighted by molar-refractivity contribution is -0.384. The van der Waals surface area contributed by atoms with Gasteiger partial charge in [0.2, 0.25) is 6.10 Å². The first-order chi connectivity index (χ1) is 14.9. The molecule has 0 aliphatic heterocycles. The molecule has 3 rings (SSSR count). The second kappa shape index (κ2) is 9.84. The van der Waals surface area contributed by atoms with Crippen molar-refractivity contribution >= 4 is 34.9 Å². The fourth-order valence-corrected chi connectivity index (χ4v) is 2.95. The van der Waals surface area contributed by atoms with Crippen molar-refractivity contribution in [3.8, 4) is 0 Å². The number of amides is 1. The third-order valence-corrected chi connectivity index (χ3v) is 4.67. The van der Waals surface area contributed by atoms with Crippen molar-refractivity contribution in [3.63, 3.8) is 0 Å². The molecule has 2 N–H and O–H groups in total. The maximum atomic E-state index is 12.9. The Hall–Kier alpha value is -3.75. The minimum atomic E-state index is -1.30. The van der Waals surface area contributed by atoms with Crippen LogP contribution in [0.4, 0.5) is 11.4 Å². The van der Waals surface area contributed by atoms with Crippen LogP contribution in [0.15, 0.2) is 72.8 Å². The van der Waals surface area contributed by atoms with E-state index in [1.165, 1.54) is 24.3 Å². The normalized spacial score (nSPS) is 11.4. The van der Waals surface area contributed by atoms with E-state index < -0.39 is 22.9 Å². The number of nitrogens with one attached hydrogen (secondary N) is 1. The molecule has 0 bridgehead atoms. The molecule has 31 heavy (non-hydrogen) atoms. The van der Waals surface area contributed by atoms with Gasteiger partial charge in [0.25, 0.3) is 11.6 Å². The predicted molar refractivity (Wildman–Crippen MR) is 114 cm³/mol. The largest absolute Gasteiger partial charge is 0.444 e. The van der Waals surface area contributed by atoms with Gasteiger partial charge in [-0.2, -0.15) is 0 Å². The van der Waals surface area contributed by atoms with Gasteiger partial charge in [-0.3, -0.25) is 14.9 Å². The highest BCUT2D eigenvalue weighted by Crippen LogP contribution is 2.28. The SMILES string of the molecule is O=C(OC(C(=O)Nc1ccc(Cl)c([N+](=O)[O-])c1)c1ccccc1)c1ccc(CO)cc1. The first-order valence-electron chi connectivity index (χ1n) is 9.09. The first-order valence-corrected chi connectivity index (χ1v) is 9.47. The first kappa shape index (κ1) is 21.9. The van der Waals surface area contributed by atoms with E-state index in [0.29, 0.717) is 11.1 Å². The number of carbonyl (C=O) groups excluding carboxylic acids is 2. The molecule has 0 saturated heterocycles. The summed E-state index contributed by atoms with van der Waals surface area (Å²) < 4.78 is 5.46. The second-order valence-electron chi connectivity index (χ2n) is 6.46. The molecule has 1 unspecified atom stereocenters. The number of anilines is 1. The van der Waals surface area contributed by atoms with Crippen molar-refractivity contribution < 1.29 is 24.4 Å². The van der Waals surface area contributed by atoms with Crippen LogP contribution in [0.3, 0.4) is 0 Å². The van der Waals surface area contributed by atoms with Gasteiger partial charge >= 0.3 is 5.97 Å². The van der Waals surface area contributed by atoms with Gasteiger partial charge in [0.15, 0.2) is 0 Å². The maximum absolute atomic E-state index is 12.9. The van der Waals surface area contributed by atoms with E-state index in [1.54, 1.807) is 42.5 Å². The molecule has 0 heterocycles. The minimum Gasteiger partial charge on any atom is -0.444 e. The molecule has 0 fully saturated rings. The number of esters is 1. The number of nitro benzene ring substituents is 1. The summed E-state index contributed by atoms with van der Waals surface area (Å²) in [5.74, 6) is -1.43. The number of aliphatic hydroxyl groups excluding tert-OH is 1. The van der Waals surface area contributed by atoms with Crippen molar-refractivity contribution in [1.29, 1.82) is 0 Å². The summed E-state index contributed by atoms with van der Waals surface area (Å²) in [7, 11) is 0. The Balaban J connectivity index is 1.85. The average molecular weight is 441 g/mol. The number of carbonyl (C=O) groups is 2. The van der Waals surface area contributed by atoms with Crippen molar-refractivity contribution in [3.05, 3.63) is 105 Å². The van der Waals surface area contributed by atoms with E-state index in [9.17, 15) is 19.7 Å². The standard InChI is InChI=1S/C22H17ClN2O6/c23-18-11-10-17(12-19(18)25(29)30)24-21(27)20(15-4-2-1-3-5-15)31-22(28)16-8-6-14(13-26)7-9-16/h1-12,20,26H,13H2,(H,24,27). The fraction of sp³-hybridized carbons (Fsp3) is 0.0909.